The number of hydrogen-bond donors (Lipinski definition) is 2. The zero-order chi connectivity index (χ0) is 20.6. The second-order valence-corrected chi connectivity index (χ2v) is 6.53. The Hall–Kier alpha value is -3.80. The highest BCUT2D eigenvalue weighted by atomic mass is 16.3. The van der Waals surface area contributed by atoms with Crippen molar-refractivity contribution < 1.29 is 14.7 Å². The van der Waals surface area contributed by atoms with E-state index >= 15 is 0 Å². The predicted octanol–water partition coefficient (Wildman–Crippen LogP) is 4.47. The molecule has 146 valence electrons. The predicted molar refractivity (Wildman–Crippen MR) is 111 cm³/mol. The molecule has 1 unspecified atom stereocenters. The lowest BCUT2D eigenvalue weighted by Crippen LogP contribution is -2.27. The second kappa shape index (κ2) is 9.41. The van der Waals surface area contributed by atoms with Gasteiger partial charge in [0.25, 0.3) is 0 Å². The number of amides is 1. The van der Waals surface area contributed by atoms with Crippen molar-refractivity contribution in [3.8, 4) is 5.75 Å². The Morgan fingerprint density at radius 1 is 1.17 bits per heavy atom. The largest absolute Gasteiger partial charge is 0.507 e. The number of hydrogen-bond acceptors (Lipinski definition) is 5. The van der Waals surface area contributed by atoms with Gasteiger partial charge in [0.15, 0.2) is 5.78 Å². The molecule has 1 amide bonds. The van der Waals surface area contributed by atoms with Crippen molar-refractivity contribution in [3.63, 3.8) is 0 Å². The van der Waals surface area contributed by atoms with Crippen LogP contribution in [0.4, 0.5) is 5.69 Å². The molecule has 0 radical (unpaired) electrons. The van der Waals surface area contributed by atoms with Crippen LogP contribution in [-0.2, 0) is 4.79 Å². The topological polar surface area (TPSA) is 91.1 Å². The summed E-state index contributed by atoms with van der Waals surface area (Å²) in [5, 5.41) is 21.2. The molecule has 0 aliphatic heterocycles. The third-order valence-electron chi connectivity index (χ3n) is 4.43. The summed E-state index contributed by atoms with van der Waals surface area (Å²) >= 11 is 0. The third kappa shape index (κ3) is 5.35. The van der Waals surface area contributed by atoms with E-state index in [9.17, 15) is 14.7 Å². The Balaban J connectivity index is 1.67. The molecule has 6 nitrogen and oxygen atoms in total. The number of rotatable bonds is 7. The van der Waals surface area contributed by atoms with E-state index in [-0.39, 0.29) is 28.9 Å². The van der Waals surface area contributed by atoms with Crippen molar-refractivity contribution in [2.24, 2.45) is 16.1 Å². The van der Waals surface area contributed by atoms with Crippen LogP contribution in [0.25, 0.3) is 0 Å². The molecule has 0 spiro atoms. The van der Waals surface area contributed by atoms with Gasteiger partial charge in [0.1, 0.15) is 5.75 Å². The van der Waals surface area contributed by atoms with Crippen molar-refractivity contribution in [1.29, 1.82) is 0 Å². The summed E-state index contributed by atoms with van der Waals surface area (Å²) in [6, 6.07) is 13.3. The molecule has 0 bridgehead atoms. The molecular weight excluding hydrogens is 366 g/mol. The van der Waals surface area contributed by atoms with Crippen molar-refractivity contribution in [3.05, 3.63) is 96.2 Å². The number of benzene rings is 2. The number of allylic oxidation sites excluding steroid dienone is 2. The minimum Gasteiger partial charge on any atom is -0.507 e. The number of phenolic OH excluding ortho intramolecular Hbond substituents is 1. The first-order valence-corrected chi connectivity index (χ1v) is 9.20. The fourth-order valence-electron chi connectivity index (χ4n) is 2.81. The van der Waals surface area contributed by atoms with Gasteiger partial charge in [-0.25, -0.2) is 0 Å². The first-order valence-electron chi connectivity index (χ1n) is 9.20. The van der Waals surface area contributed by atoms with Gasteiger partial charge in [-0.1, -0.05) is 49.1 Å². The van der Waals surface area contributed by atoms with Crippen LogP contribution >= 0.6 is 0 Å². The van der Waals surface area contributed by atoms with Crippen LogP contribution in [0.1, 0.15) is 22.3 Å². The molecular formula is C23H21N3O3. The maximum absolute atomic E-state index is 12.6. The Labute approximate surface area is 169 Å². The number of ketones is 1. The smallest absolute Gasteiger partial charge is 0.243 e. The highest BCUT2D eigenvalue weighted by molar-refractivity contribution is 6.11. The van der Waals surface area contributed by atoms with Gasteiger partial charge in [0.05, 0.1) is 16.9 Å². The Kier molecular flexibility index (Phi) is 6.47. The molecule has 1 atom stereocenters. The number of phenols is 1. The monoisotopic (exact) mass is 387 g/mol. The maximum atomic E-state index is 12.6. The zero-order valence-corrected chi connectivity index (χ0v) is 15.8. The SMILES string of the molecule is C=CC(=O)NCC1C=CC(N=Nc2ccc(O)c(C(=O)c3ccccc3)c2)=CC1. The van der Waals surface area contributed by atoms with Crippen LogP contribution in [-0.4, -0.2) is 23.3 Å². The lowest BCUT2D eigenvalue weighted by atomic mass is 9.99. The fraction of sp³-hybridized carbons (Fsp3) is 0.130. The standard InChI is InChI=1S/C23H21N3O3/c1-2-22(28)24-15-16-8-10-18(11-9-16)25-26-19-12-13-21(27)20(14-19)23(29)17-6-4-3-5-7-17/h2-8,10-14,16,27H,1,9,15H2,(H,24,28). The summed E-state index contributed by atoms with van der Waals surface area (Å²) in [6.45, 7) is 3.96. The normalized spacial score (nSPS) is 15.7. The van der Waals surface area contributed by atoms with Gasteiger partial charge in [-0.2, -0.15) is 10.2 Å². The van der Waals surface area contributed by atoms with Crippen LogP contribution in [0.3, 0.4) is 0 Å². The van der Waals surface area contributed by atoms with Crippen LogP contribution in [0, 0.1) is 5.92 Å². The van der Waals surface area contributed by atoms with Crippen molar-refractivity contribution >= 4 is 17.4 Å². The molecule has 0 fully saturated rings. The van der Waals surface area contributed by atoms with Gasteiger partial charge in [-0.3, -0.25) is 9.59 Å². The van der Waals surface area contributed by atoms with Gasteiger partial charge < -0.3 is 10.4 Å². The molecule has 1 aliphatic rings. The van der Waals surface area contributed by atoms with Crippen LogP contribution < -0.4 is 5.32 Å². The molecule has 0 aromatic heterocycles. The summed E-state index contributed by atoms with van der Waals surface area (Å²) < 4.78 is 0. The summed E-state index contributed by atoms with van der Waals surface area (Å²) in [5.41, 5.74) is 1.83. The molecule has 1 aliphatic carbocycles. The number of nitrogens with one attached hydrogen (secondary N) is 1. The second-order valence-electron chi connectivity index (χ2n) is 6.53. The molecule has 0 saturated carbocycles. The molecule has 3 rings (SSSR count). The third-order valence-corrected chi connectivity index (χ3v) is 4.43. The lowest BCUT2D eigenvalue weighted by Gasteiger charge is -2.14. The highest BCUT2D eigenvalue weighted by Crippen LogP contribution is 2.27. The van der Waals surface area contributed by atoms with Gasteiger partial charge in [0, 0.05) is 12.1 Å². The van der Waals surface area contributed by atoms with Crippen LogP contribution in [0.2, 0.25) is 0 Å². The number of carbonyl (C=O) groups excluding carboxylic acids is 2. The van der Waals surface area contributed by atoms with Gasteiger partial charge in [-0.15, -0.1) is 0 Å². The maximum Gasteiger partial charge on any atom is 0.243 e. The first kappa shape index (κ1) is 19.9. The van der Waals surface area contributed by atoms with Crippen molar-refractivity contribution in [1.82, 2.24) is 5.32 Å². The van der Waals surface area contributed by atoms with E-state index in [2.05, 4.69) is 22.1 Å². The number of azo groups is 1. The lowest BCUT2D eigenvalue weighted by molar-refractivity contribution is -0.116. The fourth-order valence-corrected chi connectivity index (χ4v) is 2.81. The van der Waals surface area contributed by atoms with E-state index in [0.29, 0.717) is 23.5 Å². The average molecular weight is 387 g/mol. The Morgan fingerprint density at radius 3 is 2.66 bits per heavy atom. The molecule has 2 N–H and O–H groups in total. The van der Waals surface area contributed by atoms with Gasteiger partial charge in [0.2, 0.25) is 5.91 Å². The van der Waals surface area contributed by atoms with E-state index in [1.807, 2.05) is 24.3 Å². The van der Waals surface area contributed by atoms with Crippen molar-refractivity contribution in [2.75, 3.05) is 6.54 Å². The number of aromatic hydroxyl groups is 1. The molecule has 29 heavy (non-hydrogen) atoms. The van der Waals surface area contributed by atoms with Crippen LogP contribution in [0.5, 0.6) is 5.75 Å². The molecule has 0 heterocycles. The summed E-state index contributed by atoms with van der Waals surface area (Å²) in [7, 11) is 0. The summed E-state index contributed by atoms with van der Waals surface area (Å²) in [4.78, 5) is 23.8. The Bertz CT molecular complexity index is 1010. The van der Waals surface area contributed by atoms with E-state index in [0.717, 1.165) is 6.42 Å². The van der Waals surface area contributed by atoms with Crippen molar-refractivity contribution in [2.45, 2.75) is 6.42 Å². The minimum atomic E-state index is -0.277. The quantitative estimate of drug-likeness (QED) is 0.417. The molecule has 0 saturated heterocycles. The van der Waals surface area contributed by atoms with E-state index < -0.39 is 0 Å². The van der Waals surface area contributed by atoms with Gasteiger partial charge in [-0.05, 0) is 42.7 Å². The van der Waals surface area contributed by atoms with Gasteiger partial charge >= 0.3 is 0 Å². The summed E-state index contributed by atoms with van der Waals surface area (Å²) in [6.07, 6.45) is 7.73. The molecule has 2 aromatic rings. The molecule has 6 heteroatoms. The zero-order valence-electron chi connectivity index (χ0n) is 15.8. The average Bonchev–Trinajstić information content (AvgIpc) is 2.77. The Morgan fingerprint density at radius 2 is 1.97 bits per heavy atom. The first-order chi connectivity index (χ1) is 14.1. The van der Waals surface area contributed by atoms with E-state index in [1.54, 1.807) is 30.3 Å². The minimum absolute atomic E-state index is 0.0982. The molecule has 2 aromatic carbocycles. The van der Waals surface area contributed by atoms with E-state index in [4.69, 9.17) is 0 Å². The van der Waals surface area contributed by atoms with Crippen LogP contribution in [0.15, 0.2) is 95.3 Å². The highest BCUT2D eigenvalue weighted by Gasteiger charge is 2.14. The van der Waals surface area contributed by atoms with E-state index in [1.165, 1.54) is 18.2 Å². The number of carbonyl (C=O) groups is 2. The number of nitrogens with zero attached hydrogens (tertiary/aromatic N) is 2. The summed E-state index contributed by atoms with van der Waals surface area (Å²) in [5.74, 6) is -0.372.